The molecule has 0 atom stereocenters. The van der Waals surface area contributed by atoms with Gasteiger partial charge in [0.25, 0.3) is 5.91 Å². The predicted octanol–water partition coefficient (Wildman–Crippen LogP) is 5.43. The zero-order chi connectivity index (χ0) is 18.6. The molecule has 1 N–H and O–H groups in total. The molecule has 0 aromatic heterocycles. The number of hydrogen-bond acceptors (Lipinski definition) is 3. The molecule has 2 aromatic carbocycles. The van der Waals surface area contributed by atoms with E-state index in [-0.39, 0.29) is 17.9 Å². The molecule has 0 bridgehead atoms. The van der Waals surface area contributed by atoms with E-state index in [0.29, 0.717) is 22.2 Å². The Balaban J connectivity index is 2.10. The van der Waals surface area contributed by atoms with Crippen molar-refractivity contribution in [3.63, 3.8) is 0 Å². The van der Waals surface area contributed by atoms with Gasteiger partial charge in [0.1, 0.15) is 11.5 Å². The highest BCUT2D eigenvalue weighted by Gasteiger charge is 2.20. The Bertz CT molecular complexity index is 772. The van der Waals surface area contributed by atoms with Crippen LogP contribution in [0.5, 0.6) is 11.5 Å². The third kappa shape index (κ3) is 5.38. The second-order valence-corrected chi connectivity index (χ2v) is 7.92. The Hall–Kier alpha value is -1.72. The highest BCUT2D eigenvalue weighted by Crippen LogP contribution is 2.34. The summed E-state index contributed by atoms with van der Waals surface area (Å²) in [6.45, 7) is 6.18. The predicted molar refractivity (Wildman–Crippen MR) is 105 cm³/mol. The number of benzene rings is 2. The normalized spacial score (nSPS) is 11.1. The standard InChI is InChI=1S/C19H21BrClNO3/c1-19(2,3)14-9-12(20)5-7-16(14)25-11-18(23)22-15-10-13(21)6-8-17(15)24-4/h5-10H,11H2,1-4H3,(H,22,23). The Morgan fingerprint density at radius 1 is 1.16 bits per heavy atom. The molecule has 0 aliphatic rings. The molecule has 0 aliphatic carbocycles. The van der Waals surface area contributed by atoms with Crippen molar-refractivity contribution in [2.75, 3.05) is 19.0 Å². The van der Waals surface area contributed by atoms with Crippen molar-refractivity contribution in [2.45, 2.75) is 26.2 Å². The molecule has 2 rings (SSSR count). The SMILES string of the molecule is COc1ccc(Cl)cc1NC(=O)COc1ccc(Br)cc1C(C)(C)C. The zero-order valence-electron chi connectivity index (χ0n) is 14.7. The van der Waals surface area contributed by atoms with Gasteiger partial charge in [-0.3, -0.25) is 4.79 Å². The van der Waals surface area contributed by atoms with E-state index in [1.807, 2.05) is 18.2 Å². The number of nitrogens with one attached hydrogen (secondary N) is 1. The molecule has 4 nitrogen and oxygen atoms in total. The highest BCUT2D eigenvalue weighted by atomic mass is 79.9. The third-order valence-corrected chi connectivity index (χ3v) is 4.27. The number of ether oxygens (including phenoxy) is 2. The largest absolute Gasteiger partial charge is 0.495 e. The van der Waals surface area contributed by atoms with Crippen LogP contribution in [-0.4, -0.2) is 19.6 Å². The summed E-state index contributed by atoms with van der Waals surface area (Å²) in [5.41, 5.74) is 1.43. The van der Waals surface area contributed by atoms with Gasteiger partial charge in [-0.05, 0) is 41.8 Å². The Kier molecular flexibility index (Phi) is 6.36. The van der Waals surface area contributed by atoms with E-state index in [1.54, 1.807) is 18.2 Å². The Morgan fingerprint density at radius 3 is 2.48 bits per heavy atom. The van der Waals surface area contributed by atoms with Crippen LogP contribution in [0.1, 0.15) is 26.3 Å². The smallest absolute Gasteiger partial charge is 0.262 e. The Labute approximate surface area is 161 Å². The summed E-state index contributed by atoms with van der Waals surface area (Å²) in [6.07, 6.45) is 0. The van der Waals surface area contributed by atoms with Gasteiger partial charge in [0, 0.05) is 15.1 Å². The van der Waals surface area contributed by atoms with Crippen LogP contribution in [-0.2, 0) is 10.2 Å². The molecular weight excluding hydrogens is 406 g/mol. The van der Waals surface area contributed by atoms with Crippen molar-refractivity contribution >= 4 is 39.1 Å². The highest BCUT2D eigenvalue weighted by molar-refractivity contribution is 9.10. The molecule has 6 heteroatoms. The van der Waals surface area contributed by atoms with E-state index in [4.69, 9.17) is 21.1 Å². The minimum atomic E-state index is -0.289. The summed E-state index contributed by atoms with van der Waals surface area (Å²) >= 11 is 9.45. The lowest BCUT2D eigenvalue weighted by atomic mass is 9.86. The minimum absolute atomic E-state index is 0.105. The van der Waals surface area contributed by atoms with E-state index in [2.05, 4.69) is 42.0 Å². The van der Waals surface area contributed by atoms with Gasteiger partial charge >= 0.3 is 0 Å². The zero-order valence-corrected chi connectivity index (χ0v) is 17.0. The first kappa shape index (κ1) is 19.6. The molecular formula is C19H21BrClNO3. The van der Waals surface area contributed by atoms with Crippen molar-refractivity contribution in [3.05, 3.63) is 51.5 Å². The van der Waals surface area contributed by atoms with E-state index < -0.39 is 0 Å². The monoisotopic (exact) mass is 425 g/mol. The number of anilines is 1. The maximum atomic E-state index is 12.2. The summed E-state index contributed by atoms with van der Waals surface area (Å²) in [5.74, 6) is 0.934. The second kappa shape index (κ2) is 8.11. The molecule has 0 unspecified atom stereocenters. The molecule has 0 fully saturated rings. The second-order valence-electron chi connectivity index (χ2n) is 6.57. The van der Waals surface area contributed by atoms with Crippen LogP contribution in [0, 0.1) is 0 Å². The fourth-order valence-corrected chi connectivity index (χ4v) is 2.85. The lowest BCUT2D eigenvalue weighted by Gasteiger charge is -2.23. The molecule has 0 spiro atoms. The van der Waals surface area contributed by atoms with Crippen LogP contribution in [0.25, 0.3) is 0 Å². The lowest BCUT2D eigenvalue weighted by molar-refractivity contribution is -0.118. The minimum Gasteiger partial charge on any atom is -0.495 e. The first-order valence-corrected chi connectivity index (χ1v) is 8.94. The van der Waals surface area contributed by atoms with Crippen molar-refractivity contribution in [2.24, 2.45) is 0 Å². The Morgan fingerprint density at radius 2 is 1.84 bits per heavy atom. The van der Waals surface area contributed by atoms with E-state index in [0.717, 1.165) is 10.0 Å². The van der Waals surface area contributed by atoms with E-state index in [1.165, 1.54) is 7.11 Å². The van der Waals surface area contributed by atoms with Crippen molar-refractivity contribution < 1.29 is 14.3 Å². The van der Waals surface area contributed by atoms with Gasteiger partial charge in [0.15, 0.2) is 6.61 Å². The summed E-state index contributed by atoms with van der Waals surface area (Å²) in [7, 11) is 1.53. The maximum Gasteiger partial charge on any atom is 0.262 e. The van der Waals surface area contributed by atoms with Gasteiger partial charge < -0.3 is 14.8 Å². The van der Waals surface area contributed by atoms with Gasteiger partial charge in [-0.15, -0.1) is 0 Å². The van der Waals surface area contributed by atoms with Crippen LogP contribution >= 0.6 is 27.5 Å². The molecule has 0 radical (unpaired) electrons. The number of hydrogen-bond donors (Lipinski definition) is 1. The topological polar surface area (TPSA) is 47.6 Å². The average molecular weight is 427 g/mol. The van der Waals surface area contributed by atoms with Crippen LogP contribution in [0.2, 0.25) is 5.02 Å². The van der Waals surface area contributed by atoms with Crippen molar-refractivity contribution in [1.29, 1.82) is 0 Å². The molecule has 2 aromatic rings. The van der Waals surface area contributed by atoms with Gasteiger partial charge in [-0.1, -0.05) is 48.3 Å². The first-order chi connectivity index (χ1) is 11.7. The summed E-state index contributed by atoms with van der Waals surface area (Å²) < 4.78 is 11.9. The van der Waals surface area contributed by atoms with Gasteiger partial charge in [-0.25, -0.2) is 0 Å². The van der Waals surface area contributed by atoms with Crippen LogP contribution in [0.4, 0.5) is 5.69 Å². The van der Waals surface area contributed by atoms with Gasteiger partial charge in [0.05, 0.1) is 12.8 Å². The molecule has 0 heterocycles. The number of rotatable bonds is 5. The average Bonchev–Trinajstić information content (AvgIpc) is 2.53. The fraction of sp³-hybridized carbons (Fsp3) is 0.316. The van der Waals surface area contributed by atoms with Crippen LogP contribution in [0.15, 0.2) is 40.9 Å². The first-order valence-electron chi connectivity index (χ1n) is 7.77. The molecule has 25 heavy (non-hydrogen) atoms. The summed E-state index contributed by atoms with van der Waals surface area (Å²) in [5, 5.41) is 3.27. The number of amides is 1. The van der Waals surface area contributed by atoms with Crippen LogP contribution < -0.4 is 14.8 Å². The summed E-state index contributed by atoms with van der Waals surface area (Å²) in [4.78, 5) is 12.2. The van der Waals surface area contributed by atoms with Gasteiger partial charge in [-0.2, -0.15) is 0 Å². The molecule has 0 saturated carbocycles. The fourth-order valence-electron chi connectivity index (χ4n) is 2.32. The molecule has 0 aliphatic heterocycles. The van der Waals surface area contributed by atoms with E-state index >= 15 is 0 Å². The van der Waals surface area contributed by atoms with Gasteiger partial charge in [0.2, 0.25) is 0 Å². The number of carbonyl (C=O) groups is 1. The number of carbonyl (C=O) groups excluding carboxylic acids is 1. The number of halogens is 2. The quantitative estimate of drug-likeness (QED) is 0.694. The number of methoxy groups -OCH3 is 1. The molecule has 1 amide bonds. The lowest BCUT2D eigenvalue weighted by Crippen LogP contribution is -2.22. The van der Waals surface area contributed by atoms with Crippen molar-refractivity contribution in [3.8, 4) is 11.5 Å². The van der Waals surface area contributed by atoms with Crippen LogP contribution in [0.3, 0.4) is 0 Å². The van der Waals surface area contributed by atoms with E-state index in [9.17, 15) is 4.79 Å². The maximum absolute atomic E-state index is 12.2. The third-order valence-electron chi connectivity index (χ3n) is 3.54. The molecule has 134 valence electrons. The van der Waals surface area contributed by atoms with Crippen molar-refractivity contribution in [1.82, 2.24) is 0 Å². The molecule has 0 saturated heterocycles. The summed E-state index contributed by atoms with van der Waals surface area (Å²) in [6, 6.07) is 10.8.